The zero-order chi connectivity index (χ0) is 11.5. The lowest BCUT2D eigenvalue weighted by Crippen LogP contribution is -1.87. The van der Waals surface area contributed by atoms with Crippen molar-refractivity contribution in [3.63, 3.8) is 0 Å². The Bertz CT molecular complexity index is 503. The summed E-state index contributed by atoms with van der Waals surface area (Å²) >= 11 is 10.6. The van der Waals surface area contributed by atoms with Gasteiger partial charge in [0.05, 0.1) is 18.6 Å². The van der Waals surface area contributed by atoms with Crippen LogP contribution in [-0.4, -0.2) is 17.3 Å². The lowest BCUT2D eigenvalue weighted by Gasteiger charge is -2.05. The molecule has 0 saturated heterocycles. The molecule has 0 aliphatic carbocycles. The molecule has 1 aromatic carbocycles. The van der Waals surface area contributed by atoms with Crippen molar-refractivity contribution < 1.29 is 4.74 Å². The van der Waals surface area contributed by atoms with Gasteiger partial charge in [-0.2, -0.15) is 0 Å². The van der Waals surface area contributed by atoms with Gasteiger partial charge in [0.2, 0.25) is 0 Å². The second kappa shape index (κ2) is 5.12. The van der Waals surface area contributed by atoms with E-state index in [1.165, 1.54) is 11.3 Å². The Morgan fingerprint density at radius 1 is 1.44 bits per heavy atom. The van der Waals surface area contributed by atoms with Crippen LogP contribution in [0.25, 0.3) is 10.6 Å². The predicted molar refractivity (Wildman–Crippen MR) is 69.2 cm³/mol. The minimum absolute atomic E-state index is 0.385. The minimum atomic E-state index is 0.385. The molecule has 0 atom stereocenters. The molecule has 84 valence electrons. The van der Waals surface area contributed by atoms with Crippen molar-refractivity contribution in [3.05, 3.63) is 27.7 Å². The van der Waals surface area contributed by atoms with Crippen molar-refractivity contribution >= 4 is 38.9 Å². The zero-order valence-corrected chi connectivity index (χ0v) is 11.6. The lowest BCUT2D eigenvalue weighted by molar-refractivity contribution is 0.416. The van der Waals surface area contributed by atoms with Crippen LogP contribution in [0.15, 0.2) is 22.7 Å². The number of hydrogen-bond acceptors (Lipinski definition) is 4. The molecule has 0 bridgehead atoms. The molecule has 0 radical (unpaired) electrons. The van der Waals surface area contributed by atoms with E-state index in [1.807, 2.05) is 18.2 Å². The molecule has 0 N–H and O–H groups in total. The first kappa shape index (κ1) is 11.8. The van der Waals surface area contributed by atoms with E-state index in [2.05, 4.69) is 26.1 Å². The normalized spacial score (nSPS) is 10.4. The highest BCUT2D eigenvalue weighted by atomic mass is 79.9. The highest BCUT2D eigenvalue weighted by Gasteiger charge is 2.11. The maximum Gasteiger partial charge on any atom is 0.151 e. The first-order valence-electron chi connectivity index (χ1n) is 4.47. The highest BCUT2D eigenvalue weighted by molar-refractivity contribution is 9.10. The molecule has 3 nitrogen and oxygen atoms in total. The number of halogens is 2. The smallest absolute Gasteiger partial charge is 0.151 e. The van der Waals surface area contributed by atoms with Crippen LogP contribution >= 0.6 is 38.9 Å². The third kappa shape index (κ3) is 2.36. The molecule has 2 aromatic rings. The summed E-state index contributed by atoms with van der Waals surface area (Å²) < 4.78 is 6.27. The summed E-state index contributed by atoms with van der Waals surface area (Å²) in [6, 6.07) is 5.79. The topological polar surface area (TPSA) is 35.0 Å². The molecule has 0 unspecified atom stereocenters. The summed E-state index contributed by atoms with van der Waals surface area (Å²) in [5.41, 5.74) is 0.930. The van der Waals surface area contributed by atoms with E-state index < -0.39 is 0 Å². The average Bonchev–Trinajstić information content (AvgIpc) is 2.77. The largest absolute Gasteiger partial charge is 0.496 e. The number of rotatable bonds is 3. The Morgan fingerprint density at radius 2 is 2.25 bits per heavy atom. The van der Waals surface area contributed by atoms with E-state index in [9.17, 15) is 0 Å². The number of nitrogens with zero attached hydrogens (tertiary/aromatic N) is 2. The van der Waals surface area contributed by atoms with Gasteiger partial charge in [-0.15, -0.1) is 21.8 Å². The van der Waals surface area contributed by atoms with Gasteiger partial charge in [0.25, 0.3) is 0 Å². The minimum Gasteiger partial charge on any atom is -0.496 e. The van der Waals surface area contributed by atoms with Crippen LogP contribution in [0.4, 0.5) is 0 Å². The van der Waals surface area contributed by atoms with Crippen molar-refractivity contribution in [2.45, 2.75) is 5.88 Å². The van der Waals surface area contributed by atoms with Crippen LogP contribution in [0, 0.1) is 0 Å². The molecule has 6 heteroatoms. The van der Waals surface area contributed by atoms with Crippen LogP contribution < -0.4 is 4.74 Å². The van der Waals surface area contributed by atoms with Crippen molar-refractivity contribution in [1.29, 1.82) is 0 Å². The van der Waals surface area contributed by atoms with Crippen LogP contribution in [0.5, 0.6) is 5.75 Å². The summed E-state index contributed by atoms with van der Waals surface area (Å²) in [7, 11) is 1.63. The molecule has 0 fully saturated rings. The number of benzene rings is 1. The van der Waals surface area contributed by atoms with Crippen molar-refractivity contribution in [1.82, 2.24) is 10.2 Å². The van der Waals surface area contributed by atoms with Crippen molar-refractivity contribution in [2.24, 2.45) is 0 Å². The van der Waals surface area contributed by atoms with E-state index in [1.54, 1.807) is 7.11 Å². The fourth-order valence-corrected chi connectivity index (χ4v) is 2.54. The van der Waals surface area contributed by atoms with Gasteiger partial charge in [0.1, 0.15) is 10.8 Å². The number of ether oxygens (including phenoxy) is 1. The molecule has 0 aliphatic rings. The quantitative estimate of drug-likeness (QED) is 0.809. The van der Waals surface area contributed by atoms with Gasteiger partial charge < -0.3 is 4.74 Å². The molecule has 0 spiro atoms. The maximum absolute atomic E-state index is 5.70. The van der Waals surface area contributed by atoms with Crippen LogP contribution in [0.2, 0.25) is 0 Å². The van der Waals surface area contributed by atoms with E-state index in [0.29, 0.717) is 5.88 Å². The Kier molecular flexibility index (Phi) is 3.78. The highest BCUT2D eigenvalue weighted by Crippen LogP contribution is 2.34. The summed E-state index contributed by atoms with van der Waals surface area (Å²) in [6.45, 7) is 0. The van der Waals surface area contributed by atoms with Gasteiger partial charge >= 0.3 is 0 Å². The Labute approximate surface area is 111 Å². The lowest BCUT2D eigenvalue weighted by atomic mass is 10.2. The van der Waals surface area contributed by atoms with E-state index in [0.717, 1.165) is 25.8 Å². The molecule has 16 heavy (non-hydrogen) atoms. The summed E-state index contributed by atoms with van der Waals surface area (Å²) in [5.74, 6) is 1.16. The van der Waals surface area contributed by atoms with E-state index >= 15 is 0 Å². The summed E-state index contributed by atoms with van der Waals surface area (Å²) in [4.78, 5) is 0. The fraction of sp³-hybridized carbons (Fsp3) is 0.200. The summed E-state index contributed by atoms with van der Waals surface area (Å²) in [6.07, 6.45) is 0. The first-order chi connectivity index (χ1) is 7.74. The van der Waals surface area contributed by atoms with E-state index in [-0.39, 0.29) is 0 Å². The van der Waals surface area contributed by atoms with Gasteiger partial charge in [0, 0.05) is 4.47 Å². The monoisotopic (exact) mass is 318 g/mol. The fourth-order valence-electron chi connectivity index (χ4n) is 1.26. The molecular formula is C10H8BrClN2OS. The van der Waals surface area contributed by atoms with Gasteiger partial charge in [-0.05, 0) is 18.2 Å². The van der Waals surface area contributed by atoms with Crippen molar-refractivity contribution in [3.8, 4) is 16.3 Å². The second-order valence-corrected chi connectivity index (χ2v) is 5.22. The molecule has 0 aliphatic heterocycles. The molecule has 2 rings (SSSR count). The number of hydrogen-bond donors (Lipinski definition) is 0. The average molecular weight is 320 g/mol. The van der Waals surface area contributed by atoms with Gasteiger partial charge in [-0.25, -0.2) is 0 Å². The SMILES string of the molecule is COc1cc(Br)ccc1-c1nnc(CCl)s1. The van der Waals surface area contributed by atoms with E-state index in [4.69, 9.17) is 16.3 Å². The Morgan fingerprint density at radius 3 is 2.88 bits per heavy atom. The van der Waals surface area contributed by atoms with Gasteiger partial charge in [-0.1, -0.05) is 27.3 Å². The number of aromatic nitrogens is 2. The van der Waals surface area contributed by atoms with Gasteiger partial charge in [0.15, 0.2) is 5.01 Å². The zero-order valence-electron chi connectivity index (χ0n) is 8.41. The summed E-state index contributed by atoms with van der Waals surface area (Å²) in [5, 5.41) is 9.69. The third-order valence-electron chi connectivity index (χ3n) is 1.98. The Hall–Kier alpha value is -0.650. The van der Waals surface area contributed by atoms with Crippen LogP contribution in [0.1, 0.15) is 5.01 Å². The third-order valence-corrected chi connectivity index (χ3v) is 3.84. The molecular weight excluding hydrogens is 312 g/mol. The standard InChI is InChI=1S/C10H8BrClN2OS/c1-15-8-4-6(11)2-3-7(8)10-14-13-9(5-12)16-10/h2-4H,5H2,1H3. The van der Waals surface area contributed by atoms with Crippen LogP contribution in [0.3, 0.4) is 0 Å². The Balaban J connectivity index is 2.46. The molecule has 0 amide bonds. The van der Waals surface area contributed by atoms with Crippen molar-refractivity contribution in [2.75, 3.05) is 7.11 Å². The molecule has 1 heterocycles. The maximum atomic E-state index is 5.70. The molecule has 1 aromatic heterocycles. The van der Waals surface area contributed by atoms with Gasteiger partial charge in [-0.3, -0.25) is 0 Å². The molecule has 0 saturated carbocycles. The first-order valence-corrected chi connectivity index (χ1v) is 6.61. The number of alkyl halides is 1. The second-order valence-electron chi connectivity index (χ2n) is 2.98. The van der Waals surface area contributed by atoms with Crippen LogP contribution in [-0.2, 0) is 5.88 Å². The number of methoxy groups -OCH3 is 1. The predicted octanol–water partition coefficient (Wildman–Crippen LogP) is 3.72.